The summed E-state index contributed by atoms with van der Waals surface area (Å²) in [6, 6.07) is 15.6. The molecule has 0 N–H and O–H groups in total. The average Bonchev–Trinajstić information content (AvgIpc) is 2.39. The van der Waals surface area contributed by atoms with Gasteiger partial charge in [-0.1, -0.05) is 36.4 Å². The first kappa shape index (κ1) is 17.3. The van der Waals surface area contributed by atoms with Crippen LogP contribution < -0.4 is 4.18 Å². The summed E-state index contributed by atoms with van der Waals surface area (Å²) in [5, 5.41) is 0. The SMILES string of the molecule is O=C(OS(=O)(=O)Oc1ccccc1)c1ccccc1.[KH]. The van der Waals surface area contributed by atoms with Crippen molar-refractivity contribution in [3.8, 4) is 5.75 Å². The van der Waals surface area contributed by atoms with E-state index in [1.54, 1.807) is 36.4 Å². The Morgan fingerprint density at radius 3 is 1.90 bits per heavy atom. The molecule has 0 fully saturated rings. The summed E-state index contributed by atoms with van der Waals surface area (Å²) in [5.41, 5.74) is 0.128. The van der Waals surface area contributed by atoms with Crippen LogP contribution in [0.15, 0.2) is 60.7 Å². The molecular weight excluding hydrogens is 307 g/mol. The number of carbonyl (C=O) groups excluding carboxylic acids is 1. The zero-order valence-electron chi connectivity index (χ0n) is 9.72. The van der Waals surface area contributed by atoms with Crippen LogP contribution in [0.4, 0.5) is 0 Å². The first-order chi connectivity index (χ1) is 9.07. The number of para-hydroxylation sites is 1. The maximum absolute atomic E-state index is 11.6. The normalized spacial score (nSPS) is 10.2. The van der Waals surface area contributed by atoms with Gasteiger partial charge in [0.1, 0.15) is 5.75 Å². The molecule has 2 rings (SSSR count). The van der Waals surface area contributed by atoms with Gasteiger partial charge < -0.3 is 8.37 Å². The van der Waals surface area contributed by atoms with Crippen molar-refractivity contribution in [3.05, 3.63) is 66.2 Å². The van der Waals surface area contributed by atoms with E-state index in [-0.39, 0.29) is 62.7 Å². The molecule has 0 aliphatic carbocycles. The van der Waals surface area contributed by atoms with E-state index in [0.717, 1.165) is 0 Å². The van der Waals surface area contributed by atoms with Crippen molar-refractivity contribution < 1.29 is 21.6 Å². The number of hydrogen-bond donors (Lipinski definition) is 0. The van der Waals surface area contributed by atoms with Crippen LogP contribution >= 0.6 is 0 Å². The van der Waals surface area contributed by atoms with Crippen molar-refractivity contribution in [3.63, 3.8) is 0 Å². The summed E-state index contributed by atoms with van der Waals surface area (Å²) in [4.78, 5) is 11.6. The zero-order valence-corrected chi connectivity index (χ0v) is 10.5. The van der Waals surface area contributed by atoms with E-state index < -0.39 is 16.4 Å². The summed E-state index contributed by atoms with van der Waals surface area (Å²) in [6.07, 6.45) is 0. The molecule has 0 radical (unpaired) electrons. The Balaban J connectivity index is 0.00000200. The Bertz CT molecular complexity index is 656. The minimum absolute atomic E-state index is 0. The van der Waals surface area contributed by atoms with Gasteiger partial charge in [-0.15, -0.1) is 8.42 Å². The minimum atomic E-state index is -4.43. The molecule has 0 spiro atoms. The molecule has 0 aliphatic heterocycles. The fourth-order valence-corrected chi connectivity index (χ4v) is 1.99. The van der Waals surface area contributed by atoms with Crippen LogP contribution in [0.5, 0.6) is 5.75 Å². The summed E-state index contributed by atoms with van der Waals surface area (Å²) in [7, 11) is -4.43. The quantitative estimate of drug-likeness (QED) is 0.799. The Labute approximate surface area is 159 Å². The summed E-state index contributed by atoms with van der Waals surface area (Å²) >= 11 is 0. The molecule has 0 unspecified atom stereocenters. The van der Waals surface area contributed by atoms with Gasteiger partial charge >= 0.3 is 67.8 Å². The Kier molecular flexibility index (Phi) is 6.87. The van der Waals surface area contributed by atoms with E-state index in [0.29, 0.717) is 0 Å². The van der Waals surface area contributed by atoms with E-state index in [9.17, 15) is 13.2 Å². The molecule has 20 heavy (non-hydrogen) atoms. The van der Waals surface area contributed by atoms with Gasteiger partial charge in [-0.05, 0) is 24.3 Å². The predicted octanol–water partition coefficient (Wildman–Crippen LogP) is 1.52. The Hall–Kier alpha value is -0.704. The predicted molar refractivity (Wildman–Crippen MR) is 75.0 cm³/mol. The van der Waals surface area contributed by atoms with Crippen molar-refractivity contribution in [2.75, 3.05) is 0 Å². The van der Waals surface area contributed by atoms with Crippen LogP contribution in [0.2, 0.25) is 0 Å². The van der Waals surface area contributed by atoms with Gasteiger partial charge in [-0.25, -0.2) is 4.79 Å². The molecule has 2 aromatic rings. The molecule has 100 valence electrons. The van der Waals surface area contributed by atoms with E-state index in [1.807, 2.05) is 0 Å². The summed E-state index contributed by atoms with van der Waals surface area (Å²) < 4.78 is 32.0. The number of carbonyl (C=O) groups is 1. The van der Waals surface area contributed by atoms with Gasteiger partial charge in [0.2, 0.25) is 0 Å². The monoisotopic (exact) mass is 318 g/mol. The number of benzene rings is 2. The van der Waals surface area contributed by atoms with Crippen molar-refractivity contribution in [2.24, 2.45) is 0 Å². The fraction of sp³-hybridized carbons (Fsp3) is 0. The van der Waals surface area contributed by atoms with E-state index in [2.05, 4.69) is 8.37 Å². The topological polar surface area (TPSA) is 69.7 Å². The zero-order chi connectivity index (χ0) is 13.7. The fourth-order valence-electron chi connectivity index (χ4n) is 1.33. The summed E-state index contributed by atoms with van der Waals surface area (Å²) in [6.45, 7) is 0. The van der Waals surface area contributed by atoms with E-state index >= 15 is 0 Å². The molecule has 0 aromatic heterocycles. The summed E-state index contributed by atoms with van der Waals surface area (Å²) in [5.74, 6) is -0.917. The van der Waals surface area contributed by atoms with Crippen molar-refractivity contribution in [1.82, 2.24) is 0 Å². The van der Waals surface area contributed by atoms with Gasteiger partial charge in [0.05, 0.1) is 5.56 Å². The van der Waals surface area contributed by atoms with Crippen LogP contribution in [0, 0.1) is 0 Å². The molecule has 0 heterocycles. The van der Waals surface area contributed by atoms with Crippen LogP contribution in [0.25, 0.3) is 0 Å². The molecule has 0 aliphatic rings. The van der Waals surface area contributed by atoms with Crippen molar-refractivity contribution >= 4 is 67.8 Å². The third kappa shape index (κ3) is 5.35. The molecule has 0 amide bonds. The molecule has 7 heteroatoms. The molecule has 2 aromatic carbocycles. The van der Waals surface area contributed by atoms with Crippen LogP contribution in [-0.4, -0.2) is 65.8 Å². The standard InChI is InChI=1S/C13H10O5S.K.H/c14-13(11-7-3-1-4-8-11)18-19(15,16)17-12-9-5-2-6-10-12;;/h1-10H;;. The number of hydrogen-bond acceptors (Lipinski definition) is 5. The van der Waals surface area contributed by atoms with Crippen LogP contribution in [0.3, 0.4) is 0 Å². The second-order valence-corrected chi connectivity index (χ2v) is 4.69. The van der Waals surface area contributed by atoms with E-state index in [1.165, 1.54) is 24.3 Å². The first-order valence-corrected chi connectivity index (χ1v) is 6.68. The molecule has 0 bridgehead atoms. The molecule has 0 saturated heterocycles. The van der Waals surface area contributed by atoms with Gasteiger partial charge in [-0.2, -0.15) is 0 Å². The third-order valence-corrected chi connectivity index (χ3v) is 2.88. The third-order valence-electron chi connectivity index (χ3n) is 2.13. The van der Waals surface area contributed by atoms with E-state index in [4.69, 9.17) is 0 Å². The Morgan fingerprint density at radius 1 is 0.850 bits per heavy atom. The first-order valence-electron chi connectivity index (χ1n) is 5.35. The average molecular weight is 318 g/mol. The molecule has 0 saturated carbocycles. The van der Waals surface area contributed by atoms with Gasteiger partial charge in [0.25, 0.3) is 0 Å². The van der Waals surface area contributed by atoms with Crippen LogP contribution in [0.1, 0.15) is 10.4 Å². The van der Waals surface area contributed by atoms with Gasteiger partial charge in [-0.3, -0.25) is 0 Å². The second-order valence-electron chi connectivity index (χ2n) is 3.54. The van der Waals surface area contributed by atoms with Crippen molar-refractivity contribution in [1.29, 1.82) is 0 Å². The van der Waals surface area contributed by atoms with Crippen molar-refractivity contribution in [2.45, 2.75) is 0 Å². The molecule has 5 nitrogen and oxygen atoms in total. The Morgan fingerprint density at radius 2 is 1.35 bits per heavy atom. The number of rotatable bonds is 4. The van der Waals surface area contributed by atoms with Gasteiger partial charge in [0, 0.05) is 0 Å². The maximum atomic E-state index is 11.6. The second kappa shape index (κ2) is 7.92. The molecule has 0 atom stereocenters. The van der Waals surface area contributed by atoms with Gasteiger partial charge in [0.15, 0.2) is 0 Å². The van der Waals surface area contributed by atoms with Crippen LogP contribution in [-0.2, 0) is 14.6 Å². The molecular formula is C13H11KO5S.